The van der Waals surface area contributed by atoms with Crippen molar-refractivity contribution in [1.29, 1.82) is 0 Å². The predicted octanol–water partition coefficient (Wildman–Crippen LogP) is 4.97. The highest BCUT2D eigenvalue weighted by atomic mass is 16.5. The molecule has 32 heavy (non-hydrogen) atoms. The minimum atomic E-state index is -0.941. The summed E-state index contributed by atoms with van der Waals surface area (Å²) in [6.45, 7) is 1.97. The Kier molecular flexibility index (Phi) is 6.05. The fourth-order valence-corrected chi connectivity index (χ4v) is 3.74. The van der Waals surface area contributed by atoms with E-state index in [-0.39, 0.29) is 24.6 Å². The van der Waals surface area contributed by atoms with Crippen molar-refractivity contribution in [3.8, 4) is 16.9 Å². The van der Waals surface area contributed by atoms with Gasteiger partial charge in [0.05, 0.1) is 6.42 Å². The number of aliphatic carboxylic acids is 1. The lowest BCUT2D eigenvalue weighted by Gasteiger charge is -2.10. The molecule has 4 aromatic rings. The molecule has 0 unspecified atom stereocenters. The summed E-state index contributed by atoms with van der Waals surface area (Å²) in [4.78, 5) is 23.4. The molecule has 162 valence electrons. The highest BCUT2D eigenvalue weighted by molar-refractivity contribution is 6.00. The second kappa shape index (κ2) is 9.08. The molecular weight excluding hydrogens is 406 g/mol. The van der Waals surface area contributed by atoms with E-state index in [0.717, 1.165) is 22.1 Å². The molecule has 0 aliphatic rings. The molecule has 0 fully saturated rings. The van der Waals surface area contributed by atoms with Gasteiger partial charge in [-0.15, -0.1) is 0 Å². The van der Waals surface area contributed by atoms with Crippen LogP contribution in [0.3, 0.4) is 0 Å². The van der Waals surface area contributed by atoms with E-state index in [1.807, 2.05) is 42.5 Å². The van der Waals surface area contributed by atoms with E-state index in [0.29, 0.717) is 29.0 Å². The smallest absolute Gasteiger partial charge is 0.307 e. The number of benzene rings is 3. The average molecular weight is 429 g/mol. The average Bonchev–Trinajstić information content (AvgIpc) is 3.16. The van der Waals surface area contributed by atoms with Gasteiger partial charge in [0.1, 0.15) is 17.9 Å². The fourth-order valence-electron chi connectivity index (χ4n) is 3.74. The zero-order chi connectivity index (χ0) is 22.7. The number of carbonyl (C=O) groups is 2. The van der Waals surface area contributed by atoms with Gasteiger partial charge < -0.3 is 20.0 Å². The number of carboxylic acid groups (broad SMARTS) is 1. The minimum absolute atomic E-state index is 0.0742. The van der Waals surface area contributed by atoms with Crippen molar-refractivity contribution in [3.63, 3.8) is 0 Å². The molecule has 0 bridgehead atoms. The van der Waals surface area contributed by atoms with E-state index in [1.54, 1.807) is 24.3 Å². The number of furan rings is 1. The molecule has 0 radical (unpaired) electrons. The fraction of sp³-hybridized carbons (Fsp3) is 0.154. The first kappa shape index (κ1) is 21.3. The van der Waals surface area contributed by atoms with Crippen LogP contribution in [0.1, 0.15) is 34.2 Å². The molecule has 4 rings (SSSR count). The van der Waals surface area contributed by atoms with Gasteiger partial charge in [-0.05, 0) is 41.0 Å². The van der Waals surface area contributed by atoms with Crippen LogP contribution in [0, 0.1) is 0 Å². The van der Waals surface area contributed by atoms with Crippen molar-refractivity contribution in [2.75, 3.05) is 0 Å². The third-order valence-electron chi connectivity index (χ3n) is 5.29. The lowest BCUT2D eigenvalue weighted by molar-refractivity contribution is -0.136. The molecule has 3 aromatic carbocycles. The van der Waals surface area contributed by atoms with Crippen LogP contribution in [0.5, 0.6) is 5.75 Å². The molecule has 0 aliphatic heterocycles. The standard InChI is InChI=1S/C26H23NO5/c1-16(28)26-22(15-31-23-8-3-2-6-20(23)13-25(29)30)21-12-19(9-10-24(21)32-26)18-7-4-5-17(11-18)14-27/h2-12H,13-15,27H2,1H3,(H,29,30). The van der Waals surface area contributed by atoms with Gasteiger partial charge in [-0.2, -0.15) is 0 Å². The van der Waals surface area contributed by atoms with Crippen LogP contribution in [-0.4, -0.2) is 16.9 Å². The van der Waals surface area contributed by atoms with Crippen molar-refractivity contribution in [2.24, 2.45) is 5.73 Å². The number of rotatable bonds is 8. The summed E-state index contributed by atoms with van der Waals surface area (Å²) in [7, 11) is 0. The summed E-state index contributed by atoms with van der Waals surface area (Å²) in [5.41, 5.74) is 10.6. The van der Waals surface area contributed by atoms with Crippen molar-refractivity contribution in [2.45, 2.75) is 26.5 Å². The van der Waals surface area contributed by atoms with E-state index < -0.39 is 5.97 Å². The molecule has 0 spiro atoms. The maximum Gasteiger partial charge on any atom is 0.307 e. The Bertz CT molecular complexity index is 1300. The molecule has 1 aromatic heterocycles. The Morgan fingerprint density at radius 1 is 1.00 bits per heavy atom. The van der Waals surface area contributed by atoms with Gasteiger partial charge in [0.15, 0.2) is 11.5 Å². The number of ketones is 1. The zero-order valence-electron chi connectivity index (χ0n) is 17.6. The largest absolute Gasteiger partial charge is 0.488 e. The summed E-state index contributed by atoms with van der Waals surface area (Å²) in [6, 6.07) is 20.7. The molecule has 0 saturated carbocycles. The zero-order valence-corrected chi connectivity index (χ0v) is 17.6. The van der Waals surface area contributed by atoms with Crippen LogP contribution in [0.15, 0.2) is 71.1 Å². The predicted molar refractivity (Wildman–Crippen MR) is 122 cm³/mol. The summed E-state index contributed by atoms with van der Waals surface area (Å²) < 4.78 is 11.8. The first-order valence-electron chi connectivity index (χ1n) is 10.2. The van der Waals surface area contributed by atoms with Gasteiger partial charge in [-0.25, -0.2) is 0 Å². The number of nitrogens with two attached hydrogens (primary N) is 1. The molecular formula is C26H23NO5. The van der Waals surface area contributed by atoms with E-state index in [2.05, 4.69) is 0 Å². The normalized spacial score (nSPS) is 10.9. The summed E-state index contributed by atoms with van der Waals surface area (Å²) in [5, 5.41) is 9.93. The van der Waals surface area contributed by atoms with Gasteiger partial charge in [0.2, 0.25) is 0 Å². The molecule has 0 atom stereocenters. The van der Waals surface area contributed by atoms with Gasteiger partial charge >= 0.3 is 5.97 Å². The summed E-state index contributed by atoms with van der Waals surface area (Å²) in [5.74, 6) is -0.442. The number of fused-ring (bicyclic) bond motifs is 1. The Morgan fingerprint density at radius 2 is 1.78 bits per heavy atom. The third-order valence-corrected chi connectivity index (χ3v) is 5.29. The maximum absolute atomic E-state index is 12.3. The van der Waals surface area contributed by atoms with Crippen LogP contribution >= 0.6 is 0 Å². The lowest BCUT2D eigenvalue weighted by atomic mass is 10.00. The SMILES string of the molecule is CC(=O)c1oc2ccc(-c3cccc(CN)c3)cc2c1COc1ccccc1CC(=O)O. The second-order valence-electron chi connectivity index (χ2n) is 7.55. The second-order valence-corrected chi connectivity index (χ2v) is 7.55. The molecule has 0 saturated heterocycles. The number of Topliss-reactive ketones (excluding diaryl/α,β-unsaturated/α-hetero) is 1. The van der Waals surface area contributed by atoms with Crippen LogP contribution in [-0.2, 0) is 24.4 Å². The lowest BCUT2D eigenvalue weighted by Crippen LogP contribution is -2.05. The third kappa shape index (κ3) is 4.40. The molecule has 1 heterocycles. The molecule has 0 amide bonds. The van der Waals surface area contributed by atoms with Crippen LogP contribution in [0.4, 0.5) is 0 Å². The Balaban J connectivity index is 1.73. The first-order chi connectivity index (χ1) is 15.5. The topological polar surface area (TPSA) is 103 Å². The monoisotopic (exact) mass is 429 g/mol. The van der Waals surface area contributed by atoms with Crippen molar-refractivity contribution in [3.05, 3.63) is 89.2 Å². The van der Waals surface area contributed by atoms with Gasteiger partial charge in [0.25, 0.3) is 0 Å². The molecule has 0 aliphatic carbocycles. The van der Waals surface area contributed by atoms with E-state index in [9.17, 15) is 9.59 Å². The quantitative estimate of drug-likeness (QED) is 0.384. The number of carboxylic acids is 1. The summed E-state index contributed by atoms with van der Waals surface area (Å²) >= 11 is 0. The van der Waals surface area contributed by atoms with Crippen LogP contribution in [0.2, 0.25) is 0 Å². The summed E-state index contributed by atoms with van der Waals surface area (Å²) in [6.07, 6.45) is -0.149. The minimum Gasteiger partial charge on any atom is -0.488 e. The number of carbonyl (C=O) groups excluding carboxylic acids is 1. The number of hydrogen-bond acceptors (Lipinski definition) is 5. The Labute approximate surface area is 185 Å². The van der Waals surface area contributed by atoms with E-state index in [1.165, 1.54) is 6.92 Å². The highest BCUT2D eigenvalue weighted by Crippen LogP contribution is 2.32. The number of para-hydroxylation sites is 1. The van der Waals surface area contributed by atoms with E-state index >= 15 is 0 Å². The Hall–Kier alpha value is -3.90. The van der Waals surface area contributed by atoms with Crippen LogP contribution in [0.25, 0.3) is 22.1 Å². The van der Waals surface area contributed by atoms with Gasteiger partial charge in [-0.1, -0.05) is 42.5 Å². The van der Waals surface area contributed by atoms with Crippen LogP contribution < -0.4 is 10.5 Å². The number of ether oxygens (including phenoxy) is 1. The van der Waals surface area contributed by atoms with Crippen molar-refractivity contribution < 1.29 is 23.8 Å². The molecule has 6 nitrogen and oxygen atoms in total. The van der Waals surface area contributed by atoms with Crippen molar-refractivity contribution in [1.82, 2.24) is 0 Å². The highest BCUT2D eigenvalue weighted by Gasteiger charge is 2.20. The van der Waals surface area contributed by atoms with E-state index in [4.69, 9.17) is 20.0 Å². The van der Waals surface area contributed by atoms with Crippen molar-refractivity contribution >= 4 is 22.7 Å². The number of hydrogen-bond donors (Lipinski definition) is 2. The van der Waals surface area contributed by atoms with Gasteiger partial charge in [-0.3, -0.25) is 9.59 Å². The Morgan fingerprint density at radius 3 is 2.53 bits per heavy atom. The first-order valence-corrected chi connectivity index (χ1v) is 10.2. The maximum atomic E-state index is 12.3. The van der Waals surface area contributed by atoms with Gasteiger partial charge in [0, 0.05) is 30.0 Å². The molecule has 3 N–H and O–H groups in total. The molecule has 6 heteroatoms.